The molecule has 2 aromatic heterocycles. The molecule has 3 aromatic rings. The summed E-state index contributed by atoms with van der Waals surface area (Å²) in [4.78, 5) is 13.9. The van der Waals surface area contributed by atoms with Gasteiger partial charge in [0.25, 0.3) is 0 Å². The van der Waals surface area contributed by atoms with Gasteiger partial charge in [-0.3, -0.25) is 4.79 Å². The molecule has 106 valence electrons. The second-order valence-electron chi connectivity index (χ2n) is 4.52. The lowest BCUT2D eigenvalue weighted by Crippen LogP contribution is -2.17. The number of hydrogen-bond acceptors (Lipinski definition) is 5. The van der Waals surface area contributed by atoms with Gasteiger partial charge >= 0.3 is 0 Å². The van der Waals surface area contributed by atoms with Gasteiger partial charge in [0.1, 0.15) is 6.04 Å². The summed E-state index contributed by atoms with van der Waals surface area (Å²) in [5, 5.41) is 11.2. The Bertz CT molecular complexity index is 779. The quantitative estimate of drug-likeness (QED) is 0.761. The number of H-pyrrole nitrogens is 1. The van der Waals surface area contributed by atoms with Crippen molar-refractivity contribution in [3.63, 3.8) is 0 Å². The van der Waals surface area contributed by atoms with E-state index < -0.39 is 0 Å². The normalized spacial score (nSPS) is 12.2. The molecule has 2 N–H and O–H groups in total. The molecule has 21 heavy (non-hydrogen) atoms. The minimum Gasteiger partial charge on any atom is -0.419 e. The van der Waals surface area contributed by atoms with Gasteiger partial charge in [-0.2, -0.15) is 0 Å². The summed E-state index contributed by atoms with van der Waals surface area (Å²) >= 11 is 0. The molecule has 6 heteroatoms. The van der Waals surface area contributed by atoms with Gasteiger partial charge in [0.15, 0.2) is 0 Å². The second kappa shape index (κ2) is 5.72. The number of pyridine rings is 1. The molecule has 6 nitrogen and oxygen atoms in total. The van der Waals surface area contributed by atoms with E-state index in [1.807, 2.05) is 37.4 Å². The minimum atomic E-state index is -0.208. The van der Waals surface area contributed by atoms with Gasteiger partial charge in [-0.25, -0.2) is 0 Å². The standard InChI is InChI=1S/C15H14N4O2/c1-16-13(10-5-3-2-4-6-10)15-19-18-14(21-15)11-7-8-17-12(20)9-11/h2-9,13,16H,1H3,(H,17,20). The van der Waals surface area contributed by atoms with Crippen LogP contribution in [0.1, 0.15) is 17.5 Å². The number of rotatable bonds is 4. The Morgan fingerprint density at radius 3 is 2.71 bits per heavy atom. The van der Waals surface area contributed by atoms with Crippen LogP contribution in [-0.4, -0.2) is 22.2 Å². The molecule has 0 saturated heterocycles. The predicted octanol–water partition coefficient (Wildman–Crippen LogP) is 1.73. The van der Waals surface area contributed by atoms with E-state index >= 15 is 0 Å². The molecule has 3 rings (SSSR count). The molecular weight excluding hydrogens is 268 g/mol. The van der Waals surface area contributed by atoms with E-state index in [1.54, 1.807) is 12.3 Å². The Hall–Kier alpha value is -2.73. The molecule has 2 heterocycles. The van der Waals surface area contributed by atoms with E-state index in [2.05, 4.69) is 20.5 Å². The van der Waals surface area contributed by atoms with E-state index in [9.17, 15) is 4.79 Å². The molecule has 1 unspecified atom stereocenters. The molecule has 0 fully saturated rings. The van der Waals surface area contributed by atoms with Gasteiger partial charge in [-0.15, -0.1) is 10.2 Å². The molecular formula is C15H14N4O2. The van der Waals surface area contributed by atoms with Crippen molar-refractivity contribution in [3.8, 4) is 11.5 Å². The maximum absolute atomic E-state index is 11.3. The van der Waals surface area contributed by atoms with Gasteiger partial charge in [-0.05, 0) is 18.7 Å². The zero-order valence-corrected chi connectivity index (χ0v) is 11.4. The largest absolute Gasteiger partial charge is 0.419 e. The number of nitrogens with zero attached hydrogens (tertiary/aromatic N) is 2. The summed E-state index contributed by atoms with van der Waals surface area (Å²) in [6.07, 6.45) is 1.55. The lowest BCUT2D eigenvalue weighted by molar-refractivity contribution is 0.456. The fourth-order valence-corrected chi connectivity index (χ4v) is 2.12. The zero-order valence-electron chi connectivity index (χ0n) is 11.4. The monoisotopic (exact) mass is 282 g/mol. The van der Waals surface area contributed by atoms with Crippen LogP contribution < -0.4 is 10.9 Å². The summed E-state index contributed by atoms with van der Waals surface area (Å²) in [6, 6.07) is 12.8. The lowest BCUT2D eigenvalue weighted by atomic mass is 10.1. The minimum absolute atomic E-state index is 0.186. The fourth-order valence-electron chi connectivity index (χ4n) is 2.12. The zero-order chi connectivity index (χ0) is 14.7. The molecule has 1 aromatic carbocycles. The fraction of sp³-hybridized carbons (Fsp3) is 0.133. The predicted molar refractivity (Wildman–Crippen MR) is 77.7 cm³/mol. The van der Waals surface area contributed by atoms with Crippen LogP contribution in [0.15, 0.2) is 57.9 Å². The average molecular weight is 282 g/mol. The van der Waals surface area contributed by atoms with Crippen LogP contribution in [0.5, 0.6) is 0 Å². The third-order valence-electron chi connectivity index (χ3n) is 3.13. The van der Waals surface area contributed by atoms with E-state index in [0.29, 0.717) is 17.3 Å². The third kappa shape index (κ3) is 2.75. The van der Waals surface area contributed by atoms with Crippen molar-refractivity contribution >= 4 is 0 Å². The van der Waals surface area contributed by atoms with E-state index in [4.69, 9.17) is 4.42 Å². The molecule has 0 aliphatic rings. The maximum Gasteiger partial charge on any atom is 0.248 e. The number of aromatic amines is 1. The highest BCUT2D eigenvalue weighted by molar-refractivity contribution is 5.50. The highest BCUT2D eigenvalue weighted by Crippen LogP contribution is 2.23. The van der Waals surface area contributed by atoms with Gasteiger partial charge in [0, 0.05) is 17.8 Å². The van der Waals surface area contributed by atoms with Crippen LogP contribution in [0.2, 0.25) is 0 Å². The number of hydrogen-bond donors (Lipinski definition) is 2. The number of aromatic nitrogens is 3. The number of benzene rings is 1. The third-order valence-corrected chi connectivity index (χ3v) is 3.13. The molecule has 1 atom stereocenters. The first kappa shape index (κ1) is 13.3. The summed E-state index contributed by atoms with van der Waals surface area (Å²) in [6.45, 7) is 0. The van der Waals surface area contributed by atoms with Crippen LogP contribution in [0, 0.1) is 0 Å². The Labute approximate surface area is 120 Å². The molecule has 0 aliphatic carbocycles. The highest BCUT2D eigenvalue weighted by Gasteiger charge is 2.19. The van der Waals surface area contributed by atoms with Crippen molar-refractivity contribution < 1.29 is 4.42 Å². The summed E-state index contributed by atoms with van der Waals surface area (Å²) in [5.74, 6) is 0.784. The van der Waals surface area contributed by atoms with Gasteiger partial charge in [0.05, 0.1) is 0 Å². The maximum atomic E-state index is 11.3. The first-order valence-corrected chi connectivity index (χ1v) is 6.52. The highest BCUT2D eigenvalue weighted by atomic mass is 16.4. The van der Waals surface area contributed by atoms with Crippen LogP contribution in [0.3, 0.4) is 0 Å². The van der Waals surface area contributed by atoms with Gasteiger partial charge < -0.3 is 14.7 Å². The van der Waals surface area contributed by atoms with Crippen LogP contribution in [0.4, 0.5) is 0 Å². The average Bonchev–Trinajstić information content (AvgIpc) is 2.99. The Balaban J connectivity index is 1.95. The Morgan fingerprint density at radius 1 is 1.19 bits per heavy atom. The first-order chi connectivity index (χ1) is 10.3. The van der Waals surface area contributed by atoms with E-state index in [0.717, 1.165) is 5.56 Å². The topological polar surface area (TPSA) is 83.8 Å². The van der Waals surface area contributed by atoms with Gasteiger partial charge in [0.2, 0.25) is 17.3 Å². The summed E-state index contributed by atoms with van der Waals surface area (Å²) < 4.78 is 5.69. The van der Waals surface area contributed by atoms with Crippen molar-refractivity contribution in [1.82, 2.24) is 20.5 Å². The SMILES string of the molecule is CNC(c1ccccc1)c1nnc(-c2cc[nH]c(=O)c2)o1. The second-order valence-corrected chi connectivity index (χ2v) is 4.52. The Kier molecular flexibility index (Phi) is 3.61. The van der Waals surface area contributed by atoms with Crippen LogP contribution >= 0.6 is 0 Å². The van der Waals surface area contributed by atoms with Crippen LogP contribution in [-0.2, 0) is 0 Å². The van der Waals surface area contributed by atoms with Crippen molar-refractivity contribution in [1.29, 1.82) is 0 Å². The smallest absolute Gasteiger partial charge is 0.248 e. The van der Waals surface area contributed by atoms with Crippen LogP contribution in [0.25, 0.3) is 11.5 Å². The lowest BCUT2D eigenvalue weighted by Gasteiger charge is -2.11. The Morgan fingerprint density at radius 2 is 2.00 bits per heavy atom. The van der Waals surface area contributed by atoms with E-state index in [1.165, 1.54) is 6.07 Å². The van der Waals surface area contributed by atoms with E-state index in [-0.39, 0.29) is 11.6 Å². The molecule has 0 aliphatic heterocycles. The molecule has 0 bridgehead atoms. The van der Waals surface area contributed by atoms with Crippen molar-refractivity contribution in [2.45, 2.75) is 6.04 Å². The molecule has 0 amide bonds. The molecule has 0 saturated carbocycles. The number of nitrogens with one attached hydrogen (secondary N) is 2. The van der Waals surface area contributed by atoms with Crippen molar-refractivity contribution in [2.24, 2.45) is 0 Å². The van der Waals surface area contributed by atoms with Crippen molar-refractivity contribution in [2.75, 3.05) is 7.05 Å². The molecule has 0 radical (unpaired) electrons. The van der Waals surface area contributed by atoms with Gasteiger partial charge in [-0.1, -0.05) is 30.3 Å². The first-order valence-electron chi connectivity index (χ1n) is 6.52. The van der Waals surface area contributed by atoms with Crippen molar-refractivity contribution in [3.05, 3.63) is 70.5 Å². The molecule has 0 spiro atoms. The summed E-state index contributed by atoms with van der Waals surface area (Å²) in [7, 11) is 1.83. The summed E-state index contributed by atoms with van der Waals surface area (Å²) in [5.41, 5.74) is 1.42.